The zero-order chi connectivity index (χ0) is 24.8. The van der Waals surface area contributed by atoms with Crippen molar-refractivity contribution in [3.8, 4) is 17.6 Å². The Balaban J connectivity index is 1.70. The maximum absolute atomic E-state index is 13.0. The number of benzene rings is 4. The Kier molecular flexibility index (Phi) is 7.57. The summed E-state index contributed by atoms with van der Waals surface area (Å²) in [7, 11) is 1.49. The van der Waals surface area contributed by atoms with Crippen molar-refractivity contribution in [1.29, 1.82) is 5.26 Å². The highest BCUT2D eigenvalue weighted by Crippen LogP contribution is 2.32. The fourth-order valence-corrected chi connectivity index (χ4v) is 3.85. The molecule has 0 aliphatic carbocycles. The average Bonchev–Trinajstić information content (AvgIpc) is 2.87. The molecule has 0 aliphatic heterocycles. The third-order valence-electron chi connectivity index (χ3n) is 5.30. The van der Waals surface area contributed by atoms with Crippen LogP contribution in [0.3, 0.4) is 0 Å². The molecule has 4 rings (SSSR count). The summed E-state index contributed by atoms with van der Waals surface area (Å²) in [6, 6.07) is 25.7. The van der Waals surface area contributed by atoms with Gasteiger partial charge in [-0.1, -0.05) is 65.7 Å². The first-order valence-corrected chi connectivity index (χ1v) is 11.4. The van der Waals surface area contributed by atoms with Crippen molar-refractivity contribution >= 4 is 51.6 Å². The molecule has 0 fully saturated rings. The van der Waals surface area contributed by atoms with Crippen molar-refractivity contribution in [1.82, 2.24) is 0 Å². The van der Waals surface area contributed by atoms with E-state index in [0.29, 0.717) is 39.4 Å². The highest BCUT2D eigenvalue weighted by Gasteiger charge is 2.16. The van der Waals surface area contributed by atoms with Gasteiger partial charge in [0.2, 0.25) is 0 Å². The lowest BCUT2D eigenvalue weighted by atomic mass is 10.0. The van der Waals surface area contributed by atoms with E-state index in [4.69, 9.17) is 32.7 Å². The van der Waals surface area contributed by atoms with Gasteiger partial charge in [0.15, 0.2) is 0 Å². The number of nitrogens with zero attached hydrogens (tertiary/aromatic N) is 1. The van der Waals surface area contributed by atoms with E-state index in [9.17, 15) is 10.1 Å². The normalized spacial score (nSPS) is 11.1. The van der Waals surface area contributed by atoms with Gasteiger partial charge in [0.25, 0.3) is 5.91 Å². The van der Waals surface area contributed by atoms with Gasteiger partial charge in [0.1, 0.15) is 29.7 Å². The molecule has 0 aliphatic rings. The van der Waals surface area contributed by atoms with Crippen LogP contribution >= 0.6 is 23.2 Å². The second-order valence-electron chi connectivity index (χ2n) is 7.58. The molecule has 0 aromatic heterocycles. The Hall–Kier alpha value is -3.98. The van der Waals surface area contributed by atoms with Gasteiger partial charge < -0.3 is 14.8 Å². The number of fused-ring (bicyclic) bond motifs is 1. The first-order chi connectivity index (χ1) is 17.0. The van der Waals surface area contributed by atoms with Crippen LogP contribution in [0.1, 0.15) is 11.1 Å². The highest BCUT2D eigenvalue weighted by molar-refractivity contribution is 6.31. The topological polar surface area (TPSA) is 71.3 Å². The molecule has 0 bridgehead atoms. The number of carbonyl (C=O) groups is 1. The van der Waals surface area contributed by atoms with Crippen molar-refractivity contribution in [3.05, 3.63) is 106 Å². The molecule has 0 saturated carbocycles. The Bertz CT molecular complexity index is 1460. The predicted molar refractivity (Wildman–Crippen MR) is 140 cm³/mol. The standard InChI is InChI=1S/C28H20Cl2N2O3/c1-34-27-13-11-22(30)15-25(27)32-28(33)20(16-31)14-24-23-5-3-2-4-19(23)8-12-26(24)35-17-18-6-9-21(29)10-7-18/h2-15H,17H2,1H3,(H,32,33)/b20-14+. The molecule has 4 aromatic carbocycles. The maximum atomic E-state index is 13.0. The van der Waals surface area contributed by atoms with E-state index in [-0.39, 0.29) is 5.57 Å². The number of hydrogen-bond donors (Lipinski definition) is 1. The molecule has 0 atom stereocenters. The third kappa shape index (κ3) is 5.75. The van der Waals surface area contributed by atoms with Crippen LogP contribution in [0.4, 0.5) is 5.69 Å². The minimum Gasteiger partial charge on any atom is -0.495 e. The fourth-order valence-electron chi connectivity index (χ4n) is 3.55. The van der Waals surface area contributed by atoms with Crippen LogP contribution in [0.2, 0.25) is 10.0 Å². The van der Waals surface area contributed by atoms with Gasteiger partial charge in [-0.25, -0.2) is 0 Å². The van der Waals surface area contributed by atoms with Crippen molar-refractivity contribution in [3.63, 3.8) is 0 Å². The Morgan fingerprint density at radius 1 is 0.971 bits per heavy atom. The van der Waals surface area contributed by atoms with Crippen LogP contribution in [0.25, 0.3) is 16.8 Å². The van der Waals surface area contributed by atoms with Gasteiger partial charge in [0.05, 0.1) is 12.8 Å². The van der Waals surface area contributed by atoms with E-state index < -0.39 is 5.91 Å². The van der Waals surface area contributed by atoms with Crippen LogP contribution < -0.4 is 14.8 Å². The Morgan fingerprint density at radius 2 is 1.69 bits per heavy atom. The van der Waals surface area contributed by atoms with Crippen molar-refractivity contribution in [2.45, 2.75) is 6.61 Å². The number of carbonyl (C=O) groups excluding carboxylic acids is 1. The average molecular weight is 503 g/mol. The number of rotatable bonds is 7. The summed E-state index contributed by atoms with van der Waals surface area (Å²) >= 11 is 12.0. The van der Waals surface area contributed by atoms with Crippen LogP contribution in [0.15, 0.2) is 84.4 Å². The van der Waals surface area contributed by atoms with Crippen molar-refractivity contribution < 1.29 is 14.3 Å². The number of nitriles is 1. The zero-order valence-corrected chi connectivity index (χ0v) is 20.2. The van der Waals surface area contributed by atoms with E-state index in [1.165, 1.54) is 13.2 Å². The molecule has 0 unspecified atom stereocenters. The van der Waals surface area contributed by atoms with Crippen LogP contribution in [-0.4, -0.2) is 13.0 Å². The number of halogens is 2. The molecule has 35 heavy (non-hydrogen) atoms. The molecule has 1 amide bonds. The number of ether oxygens (including phenoxy) is 2. The lowest BCUT2D eigenvalue weighted by Crippen LogP contribution is -2.14. The predicted octanol–water partition coefficient (Wildman–Crippen LogP) is 7.28. The van der Waals surface area contributed by atoms with Crippen LogP contribution in [0, 0.1) is 11.3 Å². The highest BCUT2D eigenvalue weighted by atomic mass is 35.5. The smallest absolute Gasteiger partial charge is 0.266 e. The van der Waals surface area contributed by atoms with E-state index in [1.807, 2.05) is 54.6 Å². The summed E-state index contributed by atoms with van der Waals surface area (Å²) in [5.41, 5.74) is 1.83. The summed E-state index contributed by atoms with van der Waals surface area (Å²) in [5.74, 6) is 0.376. The quantitative estimate of drug-likeness (QED) is 0.213. The number of nitrogens with one attached hydrogen (secondary N) is 1. The second kappa shape index (κ2) is 11.0. The molecule has 0 saturated heterocycles. The van der Waals surface area contributed by atoms with E-state index >= 15 is 0 Å². The van der Waals surface area contributed by atoms with Gasteiger partial charge >= 0.3 is 0 Å². The first kappa shape index (κ1) is 24.2. The van der Waals surface area contributed by atoms with Crippen molar-refractivity contribution in [2.75, 3.05) is 12.4 Å². The summed E-state index contributed by atoms with van der Waals surface area (Å²) in [6.45, 7) is 0.296. The molecule has 5 nitrogen and oxygen atoms in total. The molecule has 7 heteroatoms. The lowest BCUT2D eigenvalue weighted by Gasteiger charge is -2.13. The van der Waals surface area contributed by atoms with E-state index in [0.717, 1.165) is 16.3 Å². The number of amides is 1. The van der Waals surface area contributed by atoms with Gasteiger partial charge in [-0.3, -0.25) is 4.79 Å². The summed E-state index contributed by atoms with van der Waals surface area (Å²) < 4.78 is 11.4. The largest absolute Gasteiger partial charge is 0.495 e. The number of methoxy groups -OCH3 is 1. The van der Waals surface area contributed by atoms with Gasteiger partial charge in [-0.05, 0) is 58.8 Å². The molecular formula is C28H20Cl2N2O3. The first-order valence-electron chi connectivity index (χ1n) is 10.6. The minimum atomic E-state index is -0.593. The maximum Gasteiger partial charge on any atom is 0.266 e. The number of anilines is 1. The molecule has 0 radical (unpaired) electrons. The molecule has 4 aromatic rings. The van der Waals surface area contributed by atoms with Gasteiger partial charge in [-0.15, -0.1) is 0 Å². The zero-order valence-electron chi connectivity index (χ0n) is 18.7. The van der Waals surface area contributed by atoms with E-state index in [1.54, 1.807) is 30.3 Å². The Labute approximate surface area is 213 Å². The lowest BCUT2D eigenvalue weighted by molar-refractivity contribution is -0.112. The SMILES string of the molecule is COc1ccc(Cl)cc1NC(=O)/C(C#N)=C/c1c(OCc2ccc(Cl)cc2)ccc2ccccc12. The number of hydrogen-bond acceptors (Lipinski definition) is 4. The second-order valence-corrected chi connectivity index (χ2v) is 8.46. The molecule has 0 heterocycles. The third-order valence-corrected chi connectivity index (χ3v) is 5.79. The van der Waals surface area contributed by atoms with Gasteiger partial charge in [-0.2, -0.15) is 5.26 Å². The minimum absolute atomic E-state index is 0.0975. The Morgan fingerprint density at radius 3 is 2.43 bits per heavy atom. The fraction of sp³-hybridized carbons (Fsp3) is 0.0714. The van der Waals surface area contributed by atoms with Crippen LogP contribution in [0.5, 0.6) is 11.5 Å². The molecular weight excluding hydrogens is 483 g/mol. The summed E-state index contributed by atoms with van der Waals surface area (Å²) in [6.07, 6.45) is 1.53. The molecule has 174 valence electrons. The van der Waals surface area contributed by atoms with Crippen molar-refractivity contribution in [2.24, 2.45) is 0 Å². The summed E-state index contributed by atoms with van der Waals surface area (Å²) in [4.78, 5) is 13.0. The molecule has 1 N–H and O–H groups in total. The molecule has 0 spiro atoms. The van der Waals surface area contributed by atoms with Gasteiger partial charge in [0, 0.05) is 15.6 Å². The van der Waals surface area contributed by atoms with Crippen LogP contribution in [-0.2, 0) is 11.4 Å². The monoisotopic (exact) mass is 502 g/mol. The summed E-state index contributed by atoms with van der Waals surface area (Å²) in [5, 5.41) is 15.4. The van der Waals surface area contributed by atoms with E-state index in [2.05, 4.69) is 5.32 Å².